The van der Waals surface area contributed by atoms with Gasteiger partial charge in [-0.25, -0.2) is 0 Å². The predicted octanol–water partition coefficient (Wildman–Crippen LogP) is 2.47. The summed E-state index contributed by atoms with van der Waals surface area (Å²) in [6.45, 7) is 3.91. The van der Waals surface area contributed by atoms with Gasteiger partial charge in [0.15, 0.2) is 11.5 Å². The average molecular weight is 465 g/mol. The zero-order valence-corrected chi connectivity index (χ0v) is 19.7. The SMILES string of the molecule is CN1CCCNC(=O)C[C@H]2CN(C(=O)c3ccncc3)C[C@H]2CCc2cc3c(cc2C1)OCO3. The Bertz CT molecular complexity index is 1040. The van der Waals surface area contributed by atoms with Crippen LogP contribution in [0.3, 0.4) is 0 Å². The van der Waals surface area contributed by atoms with E-state index in [1.54, 1.807) is 24.5 Å². The van der Waals surface area contributed by atoms with Crippen molar-refractivity contribution in [3.63, 3.8) is 0 Å². The lowest BCUT2D eigenvalue weighted by molar-refractivity contribution is -0.122. The Morgan fingerprint density at radius 2 is 1.82 bits per heavy atom. The maximum Gasteiger partial charge on any atom is 0.253 e. The zero-order valence-electron chi connectivity index (χ0n) is 19.7. The second kappa shape index (κ2) is 10.0. The van der Waals surface area contributed by atoms with Gasteiger partial charge < -0.3 is 24.6 Å². The molecule has 1 fully saturated rings. The number of ether oxygens (including phenoxy) is 2. The second-order valence-corrected chi connectivity index (χ2v) is 9.62. The summed E-state index contributed by atoms with van der Waals surface area (Å²) in [5.41, 5.74) is 3.16. The maximum atomic E-state index is 13.1. The number of carbonyl (C=O) groups is 2. The van der Waals surface area contributed by atoms with Crippen LogP contribution in [0.15, 0.2) is 36.7 Å². The molecule has 5 rings (SSSR count). The first-order chi connectivity index (χ1) is 16.6. The molecule has 180 valence electrons. The fraction of sp³-hybridized carbons (Fsp3) is 0.500. The summed E-state index contributed by atoms with van der Waals surface area (Å²) in [5, 5.41) is 3.08. The van der Waals surface area contributed by atoms with E-state index in [4.69, 9.17) is 9.47 Å². The molecular weight excluding hydrogens is 432 g/mol. The largest absolute Gasteiger partial charge is 0.454 e. The van der Waals surface area contributed by atoms with Crippen LogP contribution in [0.25, 0.3) is 0 Å². The third-order valence-corrected chi connectivity index (χ3v) is 7.20. The van der Waals surface area contributed by atoms with Gasteiger partial charge in [0.2, 0.25) is 12.7 Å². The lowest BCUT2D eigenvalue weighted by Gasteiger charge is -2.22. The van der Waals surface area contributed by atoms with Gasteiger partial charge in [-0.15, -0.1) is 0 Å². The molecule has 0 bridgehead atoms. The third kappa shape index (κ3) is 5.01. The zero-order chi connectivity index (χ0) is 23.5. The number of aromatic nitrogens is 1. The summed E-state index contributed by atoms with van der Waals surface area (Å²) in [5.74, 6) is 2.12. The molecule has 0 radical (unpaired) electrons. The van der Waals surface area contributed by atoms with Crippen molar-refractivity contribution >= 4 is 11.8 Å². The van der Waals surface area contributed by atoms with Crippen molar-refractivity contribution in [1.82, 2.24) is 20.1 Å². The molecular formula is C26H32N4O4. The number of likely N-dealkylation sites (tertiary alicyclic amines) is 1. The number of rotatable bonds is 1. The van der Waals surface area contributed by atoms with Gasteiger partial charge in [0, 0.05) is 50.6 Å². The molecule has 2 atom stereocenters. The molecule has 3 aliphatic rings. The van der Waals surface area contributed by atoms with E-state index in [1.807, 2.05) is 4.90 Å². The molecule has 1 aromatic carbocycles. The molecule has 8 nitrogen and oxygen atoms in total. The van der Waals surface area contributed by atoms with Crippen molar-refractivity contribution in [2.24, 2.45) is 11.8 Å². The molecule has 0 unspecified atom stereocenters. The van der Waals surface area contributed by atoms with Gasteiger partial charge in [-0.2, -0.15) is 0 Å². The smallest absolute Gasteiger partial charge is 0.253 e. The Labute approximate surface area is 200 Å². The number of amides is 2. The van der Waals surface area contributed by atoms with E-state index in [9.17, 15) is 9.59 Å². The molecule has 4 heterocycles. The van der Waals surface area contributed by atoms with E-state index in [0.717, 1.165) is 43.9 Å². The summed E-state index contributed by atoms with van der Waals surface area (Å²) >= 11 is 0. The predicted molar refractivity (Wildman–Crippen MR) is 127 cm³/mol. The highest BCUT2D eigenvalue weighted by atomic mass is 16.7. The van der Waals surface area contributed by atoms with Crippen molar-refractivity contribution in [2.75, 3.05) is 40.0 Å². The van der Waals surface area contributed by atoms with Crippen LogP contribution in [-0.4, -0.2) is 66.6 Å². The molecule has 34 heavy (non-hydrogen) atoms. The van der Waals surface area contributed by atoms with Crippen LogP contribution in [0.2, 0.25) is 0 Å². The number of nitrogens with one attached hydrogen (secondary N) is 1. The van der Waals surface area contributed by atoms with Gasteiger partial charge in [-0.3, -0.25) is 14.6 Å². The van der Waals surface area contributed by atoms with E-state index in [2.05, 4.69) is 34.4 Å². The number of hydrogen-bond acceptors (Lipinski definition) is 6. The van der Waals surface area contributed by atoms with Crippen LogP contribution >= 0.6 is 0 Å². The topological polar surface area (TPSA) is 84.0 Å². The first-order valence-electron chi connectivity index (χ1n) is 12.1. The highest BCUT2D eigenvalue weighted by molar-refractivity contribution is 5.94. The van der Waals surface area contributed by atoms with Crippen LogP contribution in [0.5, 0.6) is 11.5 Å². The van der Waals surface area contributed by atoms with Gasteiger partial charge in [0.1, 0.15) is 0 Å². The fourth-order valence-corrected chi connectivity index (χ4v) is 5.34. The van der Waals surface area contributed by atoms with Crippen molar-refractivity contribution in [3.05, 3.63) is 53.3 Å². The van der Waals surface area contributed by atoms with Crippen LogP contribution in [-0.2, 0) is 17.8 Å². The summed E-state index contributed by atoms with van der Waals surface area (Å²) in [6.07, 6.45) is 6.42. The highest BCUT2D eigenvalue weighted by Gasteiger charge is 2.36. The van der Waals surface area contributed by atoms with Crippen molar-refractivity contribution < 1.29 is 19.1 Å². The van der Waals surface area contributed by atoms with Gasteiger partial charge in [0.25, 0.3) is 5.91 Å². The van der Waals surface area contributed by atoms with Gasteiger partial charge in [-0.05, 0) is 80.1 Å². The fourth-order valence-electron chi connectivity index (χ4n) is 5.34. The van der Waals surface area contributed by atoms with E-state index in [-0.39, 0.29) is 30.4 Å². The monoisotopic (exact) mass is 464 g/mol. The quantitative estimate of drug-likeness (QED) is 0.698. The summed E-state index contributed by atoms with van der Waals surface area (Å²) in [6, 6.07) is 7.74. The van der Waals surface area contributed by atoms with E-state index < -0.39 is 0 Å². The van der Waals surface area contributed by atoms with Crippen molar-refractivity contribution in [2.45, 2.75) is 32.2 Å². The molecule has 0 spiro atoms. The number of carbonyl (C=O) groups excluding carboxylic acids is 2. The molecule has 1 saturated heterocycles. The van der Waals surface area contributed by atoms with Gasteiger partial charge in [-0.1, -0.05) is 0 Å². The first kappa shape index (κ1) is 22.7. The van der Waals surface area contributed by atoms with Crippen LogP contribution < -0.4 is 14.8 Å². The van der Waals surface area contributed by atoms with Crippen LogP contribution in [0, 0.1) is 11.8 Å². The third-order valence-electron chi connectivity index (χ3n) is 7.20. The number of pyridine rings is 1. The minimum atomic E-state index is 0.0126. The van der Waals surface area contributed by atoms with E-state index >= 15 is 0 Å². The maximum absolute atomic E-state index is 13.1. The average Bonchev–Trinajstić information content (AvgIpc) is 3.46. The Hall–Kier alpha value is -3.13. The Morgan fingerprint density at radius 1 is 1.09 bits per heavy atom. The Balaban J connectivity index is 1.38. The molecule has 2 amide bonds. The number of benzene rings is 1. The van der Waals surface area contributed by atoms with Crippen LogP contribution in [0.4, 0.5) is 0 Å². The highest BCUT2D eigenvalue weighted by Crippen LogP contribution is 2.37. The minimum Gasteiger partial charge on any atom is -0.454 e. The molecule has 2 aromatic rings. The van der Waals surface area contributed by atoms with Crippen LogP contribution in [0.1, 0.15) is 40.7 Å². The van der Waals surface area contributed by atoms with E-state index in [1.165, 1.54) is 11.1 Å². The Morgan fingerprint density at radius 3 is 2.62 bits per heavy atom. The second-order valence-electron chi connectivity index (χ2n) is 9.62. The van der Waals surface area contributed by atoms with Gasteiger partial charge >= 0.3 is 0 Å². The number of hydrogen-bond donors (Lipinski definition) is 1. The normalized spacial score (nSPS) is 23.6. The lowest BCUT2D eigenvalue weighted by atomic mass is 9.86. The molecule has 3 aliphatic heterocycles. The number of nitrogens with zero attached hydrogens (tertiary/aromatic N) is 3. The Kier molecular flexibility index (Phi) is 6.67. The first-order valence-corrected chi connectivity index (χ1v) is 12.1. The number of fused-ring (bicyclic) bond motifs is 3. The number of aryl methyl sites for hydroxylation is 1. The summed E-state index contributed by atoms with van der Waals surface area (Å²) in [7, 11) is 2.11. The molecule has 8 heteroatoms. The standard InChI is InChI=1S/C26H32N4O4/c1-29-10-2-7-28-25(31)13-22-16-30(26(32)18-5-8-27-9-6-18)15-20(22)4-3-19-11-23-24(34-17-33-23)12-21(19)14-29/h5-6,8-9,11-12,20,22H,2-4,7,10,13-17H2,1H3,(H,28,31)/t20-,22+/m1/s1. The molecule has 0 aliphatic carbocycles. The molecule has 1 aromatic heterocycles. The summed E-state index contributed by atoms with van der Waals surface area (Å²) in [4.78, 5) is 34.0. The van der Waals surface area contributed by atoms with Gasteiger partial charge in [0.05, 0.1) is 0 Å². The lowest BCUT2D eigenvalue weighted by Crippen LogP contribution is -2.32. The van der Waals surface area contributed by atoms with E-state index in [0.29, 0.717) is 31.6 Å². The van der Waals surface area contributed by atoms with Crippen molar-refractivity contribution in [1.29, 1.82) is 0 Å². The van der Waals surface area contributed by atoms with Crippen molar-refractivity contribution in [3.8, 4) is 11.5 Å². The summed E-state index contributed by atoms with van der Waals surface area (Å²) < 4.78 is 11.3. The molecule has 1 N–H and O–H groups in total. The molecule has 0 saturated carbocycles. The minimum absolute atomic E-state index is 0.0126.